The van der Waals surface area contributed by atoms with Crippen LogP contribution in [0.3, 0.4) is 0 Å². The Balaban J connectivity index is 0.000000131. The number of rotatable bonds is 8. The summed E-state index contributed by atoms with van der Waals surface area (Å²) in [5, 5.41) is 15.2. The van der Waals surface area contributed by atoms with Gasteiger partial charge in [-0.15, -0.1) is 0 Å². The quantitative estimate of drug-likeness (QED) is 0.0836. The summed E-state index contributed by atoms with van der Waals surface area (Å²) < 4.78 is 2.24. The third-order valence-corrected chi connectivity index (χ3v) is 28.8. The molecule has 12 rings (SSSR count). The minimum atomic E-state index is -1.88. The third kappa shape index (κ3) is 12.3. The molecule has 0 radical (unpaired) electrons. The van der Waals surface area contributed by atoms with Gasteiger partial charge < -0.3 is 9.47 Å². The first-order valence-corrected chi connectivity index (χ1v) is 33.2. The lowest BCUT2D eigenvalue weighted by Gasteiger charge is -2.39. The lowest BCUT2D eigenvalue weighted by molar-refractivity contribution is 0.823. The minimum Gasteiger partial charge on any atom is -0.345 e. The van der Waals surface area contributed by atoms with E-state index in [0.29, 0.717) is 0 Å². The van der Waals surface area contributed by atoms with E-state index in [-0.39, 0.29) is 0 Å². The molecule has 78 heavy (non-hydrogen) atoms. The molecule has 4 heteroatoms. The van der Waals surface area contributed by atoms with Gasteiger partial charge in [-0.25, -0.2) is 0 Å². The Morgan fingerprint density at radius 2 is 0.590 bits per heavy atom. The lowest BCUT2D eigenvalue weighted by atomic mass is 9.92. The number of para-hydroxylation sites is 4. The molecule has 0 aliphatic heterocycles. The molecule has 0 N–H and O–H groups in total. The summed E-state index contributed by atoms with van der Waals surface area (Å²) in [6.45, 7) is 21.6. The second-order valence-corrected chi connectivity index (χ2v) is 32.1. The van der Waals surface area contributed by atoms with E-state index >= 15 is 0 Å². The van der Waals surface area contributed by atoms with Crippen molar-refractivity contribution in [3.63, 3.8) is 0 Å². The molecule has 1 aromatic heterocycles. The van der Waals surface area contributed by atoms with Gasteiger partial charge in [-0.2, -0.15) is 0 Å². The molecule has 12 aromatic rings. The summed E-state index contributed by atoms with van der Waals surface area (Å²) in [6, 6.07) is 94.5. The zero-order valence-electron chi connectivity index (χ0n) is 48.0. The number of aromatic nitrogens is 1. The Bertz CT molecular complexity index is 3520. The molecule has 1 heterocycles. The molecule has 0 fully saturated rings. The first kappa shape index (κ1) is 56.4. The first-order chi connectivity index (χ1) is 37.8. The molecule has 0 aliphatic rings. The zero-order valence-corrected chi connectivity index (χ0v) is 50.0. The van der Waals surface area contributed by atoms with Gasteiger partial charge in [-0.05, 0) is 96.8 Å². The van der Waals surface area contributed by atoms with E-state index in [1.165, 1.54) is 86.6 Å². The number of aryl methyl sites for hydroxylation is 2. The van der Waals surface area contributed by atoms with Crippen molar-refractivity contribution in [2.45, 2.75) is 78.2 Å². The average molecular weight is 1050 g/mol. The minimum absolute atomic E-state index is 0.919. The average Bonchev–Trinajstić information content (AvgIpc) is 3.93. The highest BCUT2D eigenvalue weighted by Gasteiger charge is 2.37. The van der Waals surface area contributed by atoms with Crippen LogP contribution in [0.15, 0.2) is 267 Å². The fourth-order valence-corrected chi connectivity index (χ4v) is 19.1. The summed E-state index contributed by atoms with van der Waals surface area (Å²) in [4.78, 5) is 2.17. The second-order valence-electron chi connectivity index (χ2n) is 22.0. The van der Waals surface area contributed by atoms with Crippen LogP contribution in [0, 0.1) is 6.92 Å². The maximum absolute atomic E-state index is 2.55. The number of fused-ring (bicyclic) bond motifs is 9. The van der Waals surface area contributed by atoms with Crippen LogP contribution < -0.4 is 20.5 Å². The van der Waals surface area contributed by atoms with Gasteiger partial charge in [0.05, 0.1) is 8.07 Å². The van der Waals surface area contributed by atoms with Gasteiger partial charge in [0.2, 0.25) is 0 Å². The highest BCUT2D eigenvalue weighted by Crippen LogP contribution is 2.41. The van der Waals surface area contributed by atoms with Gasteiger partial charge in [0, 0.05) is 47.3 Å². The van der Waals surface area contributed by atoms with Crippen LogP contribution in [-0.2, 0) is 7.05 Å². The van der Waals surface area contributed by atoms with E-state index in [1.54, 1.807) is 0 Å². The monoisotopic (exact) mass is 1050 g/mol. The Morgan fingerprint density at radius 3 is 0.923 bits per heavy atom. The Labute approximate surface area is 468 Å². The molecule has 0 unspecified atom stereocenters. The molecule has 0 spiro atoms. The van der Waals surface area contributed by atoms with E-state index in [9.17, 15) is 0 Å². The molecular formula is C74H80N2Si2. The van der Waals surface area contributed by atoms with Crippen LogP contribution in [0.5, 0.6) is 0 Å². The summed E-state index contributed by atoms with van der Waals surface area (Å²) in [7, 11) is 1.33. The number of benzene rings is 11. The molecule has 0 atom stereocenters. The molecule has 394 valence electrons. The summed E-state index contributed by atoms with van der Waals surface area (Å²) in [5.41, 5.74) is 9.12. The van der Waals surface area contributed by atoms with Crippen LogP contribution in [0.25, 0.3) is 54.1 Å². The second kappa shape index (κ2) is 26.1. The van der Waals surface area contributed by atoms with Crippen molar-refractivity contribution >= 4 is 97.2 Å². The fourth-order valence-electron chi connectivity index (χ4n) is 11.5. The van der Waals surface area contributed by atoms with Gasteiger partial charge in [0.1, 0.15) is 8.07 Å². The zero-order chi connectivity index (χ0) is 55.2. The number of anilines is 2. The predicted octanol–water partition coefficient (Wildman–Crippen LogP) is 19.3. The van der Waals surface area contributed by atoms with Crippen LogP contribution in [-0.4, -0.2) is 27.8 Å². The first-order valence-electron chi connectivity index (χ1n) is 28.0. The van der Waals surface area contributed by atoms with Crippen LogP contribution in [0.4, 0.5) is 11.4 Å². The molecular weight excluding hydrogens is 973 g/mol. The van der Waals surface area contributed by atoms with Crippen molar-refractivity contribution in [1.29, 1.82) is 0 Å². The molecule has 0 saturated heterocycles. The van der Waals surface area contributed by atoms with E-state index < -0.39 is 16.1 Å². The summed E-state index contributed by atoms with van der Waals surface area (Å²) in [5.74, 6) is 0. The number of nitrogens with zero attached hydrogens (tertiary/aromatic N) is 2. The van der Waals surface area contributed by atoms with E-state index in [4.69, 9.17) is 0 Å². The van der Waals surface area contributed by atoms with E-state index in [0.717, 1.165) is 16.6 Å². The molecule has 0 saturated carbocycles. The number of hydrogen-bond acceptors (Lipinski definition) is 1. The largest absolute Gasteiger partial charge is 0.345 e. The SMILES string of the molecule is CC(C)[Si](C)(C(C)C)C(C)C.CN(c1ccccc1)c1ccccc1.C[Si](c1ccccc1)(c1ccccc1)c1ccccc1.Cc1cccc2c3ccccc3c3ccccc3c12.Cn1c2ccccc2c2ccccc21. The Kier molecular flexibility index (Phi) is 18.9. The van der Waals surface area contributed by atoms with Crippen molar-refractivity contribution < 1.29 is 0 Å². The fraction of sp³-hybridized carbons (Fsp3) is 0.189. The van der Waals surface area contributed by atoms with Crippen LogP contribution in [0.2, 0.25) is 29.7 Å². The van der Waals surface area contributed by atoms with Crippen molar-refractivity contribution in [3.05, 3.63) is 272 Å². The summed E-state index contributed by atoms with van der Waals surface area (Å²) in [6.07, 6.45) is 0. The highest BCUT2D eigenvalue weighted by molar-refractivity contribution is 7.10. The summed E-state index contributed by atoms with van der Waals surface area (Å²) >= 11 is 0. The molecule has 0 amide bonds. The van der Waals surface area contributed by atoms with Crippen LogP contribution >= 0.6 is 0 Å². The van der Waals surface area contributed by atoms with Crippen molar-refractivity contribution in [2.24, 2.45) is 7.05 Å². The van der Waals surface area contributed by atoms with Crippen LogP contribution in [0.1, 0.15) is 47.1 Å². The Hall–Kier alpha value is -7.77. The van der Waals surface area contributed by atoms with Gasteiger partial charge in [-0.3, -0.25) is 0 Å². The highest BCUT2D eigenvalue weighted by atomic mass is 28.3. The molecule has 0 bridgehead atoms. The number of hydrogen-bond donors (Lipinski definition) is 0. The van der Waals surface area contributed by atoms with Crippen molar-refractivity contribution in [3.8, 4) is 0 Å². The predicted molar refractivity (Wildman–Crippen MR) is 352 cm³/mol. The standard InChI is InChI=1S/C19H18Si.C19H14.C13H11N.C13H13N.C10H24Si/c1-20(17-11-5-2-6-12-17,18-13-7-3-8-14-18)19-15-9-4-10-16-19;1-13-7-6-12-18-16-9-3-2-8-14(16)15-10-4-5-11-17(15)19(13)18;1-14-12-8-4-2-6-10(12)11-7-3-5-9-13(11)14;1-14(12-8-4-2-5-9-12)13-10-6-3-7-11-13;1-8(2)11(7,9(3)4)10(5)6/h2-16H,1H3;2-12H,1H3;2-9H,1H3;2-11H,1H3;8-10H,1-7H3. The van der Waals surface area contributed by atoms with E-state index in [1.807, 2.05) is 12.1 Å². The van der Waals surface area contributed by atoms with Gasteiger partial charge in [0.25, 0.3) is 0 Å². The molecule has 11 aromatic carbocycles. The van der Waals surface area contributed by atoms with Crippen molar-refractivity contribution in [1.82, 2.24) is 4.57 Å². The van der Waals surface area contributed by atoms with Crippen molar-refractivity contribution in [2.75, 3.05) is 11.9 Å². The van der Waals surface area contributed by atoms with E-state index in [2.05, 4.69) is 340 Å². The Morgan fingerprint density at radius 1 is 0.321 bits per heavy atom. The molecule has 2 nitrogen and oxygen atoms in total. The van der Waals surface area contributed by atoms with Gasteiger partial charge in [0.15, 0.2) is 0 Å². The topological polar surface area (TPSA) is 8.17 Å². The maximum Gasteiger partial charge on any atom is 0.145 e. The lowest BCUT2D eigenvalue weighted by Crippen LogP contribution is -2.64. The molecule has 0 aliphatic carbocycles. The maximum atomic E-state index is 2.55. The van der Waals surface area contributed by atoms with Gasteiger partial charge in [-0.1, -0.05) is 302 Å². The third-order valence-electron chi connectivity index (χ3n) is 16.9. The smallest absolute Gasteiger partial charge is 0.145 e. The van der Waals surface area contributed by atoms with Gasteiger partial charge >= 0.3 is 0 Å². The normalized spacial score (nSPS) is 11.4.